The first-order chi connectivity index (χ1) is 8.74. The minimum Gasteiger partial charge on any atom is -0.383 e. The number of benzene rings is 1. The van der Waals surface area contributed by atoms with Crippen LogP contribution in [0.3, 0.4) is 0 Å². The van der Waals surface area contributed by atoms with Crippen molar-refractivity contribution in [3.8, 4) is 0 Å². The van der Waals surface area contributed by atoms with Gasteiger partial charge in [0.25, 0.3) is 0 Å². The lowest BCUT2D eigenvalue weighted by Crippen LogP contribution is -2.57. The molecule has 96 valence electrons. The molecule has 2 bridgehead atoms. The van der Waals surface area contributed by atoms with E-state index in [0.29, 0.717) is 18.2 Å². The number of piperidine rings is 3. The van der Waals surface area contributed by atoms with Gasteiger partial charge < -0.3 is 5.32 Å². The maximum Gasteiger partial charge on any atom is 0.154 e. The summed E-state index contributed by atoms with van der Waals surface area (Å²) in [6.07, 6.45) is 2.10. The Labute approximate surface area is 112 Å². The molecule has 0 saturated carbocycles. The lowest BCUT2D eigenvalue weighted by molar-refractivity contribution is -0.136. The molecule has 0 aliphatic carbocycles. The zero-order chi connectivity index (χ0) is 12.5. The first-order valence-electron chi connectivity index (χ1n) is 6.51. The van der Waals surface area contributed by atoms with Crippen molar-refractivity contribution in [3.05, 3.63) is 29.3 Å². The number of carbonyl (C=O) groups excluding carboxylic acids is 1. The van der Waals surface area contributed by atoms with Crippen LogP contribution >= 0.6 is 11.6 Å². The van der Waals surface area contributed by atoms with Gasteiger partial charge in [0.1, 0.15) is 0 Å². The van der Waals surface area contributed by atoms with Crippen molar-refractivity contribution in [2.75, 3.05) is 25.0 Å². The summed E-state index contributed by atoms with van der Waals surface area (Å²) in [7, 11) is 0. The molecule has 18 heavy (non-hydrogen) atoms. The van der Waals surface area contributed by atoms with Crippen LogP contribution in [-0.4, -0.2) is 36.4 Å². The molecule has 1 aromatic rings. The van der Waals surface area contributed by atoms with E-state index in [-0.39, 0.29) is 6.04 Å². The van der Waals surface area contributed by atoms with E-state index in [4.69, 9.17) is 11.6 Å². The normalized spacial score (nSPS) is 30.5. The van der Waals surface area contributed by atoms with E-state index in [2.05, 4.69) is 10.2 Å². The van der Waals surface area contributed by atoms with Gasteiger partial charge in [-0.1, -0.05) is 11.6 Å². The van der Waals surface area contributed by atoms with Crippen molar-refractivity contribution < 1.29 is 4.79 Å². The highest BCUT2D eigenvalue weighted by Crippen LogP contribution is 2.29. The Balaban J connectivity index is 1.63. The van der Waals surface area contributed by atoms with Crippen molar-refractivity contribution in [1.29, 1.82) is 0 Å². The fourth-order valence-electron chi connectivity index (χ4n) is 2.96. The van der Waals surface area contributed by atoms with Gasteiger partial charge in [0.05, 0.1) is 6.04 Å². The number of fused-ring (bicyclic) bond motifs is 3. The Morgan fingerprint density at radius 2 is 1.89 bits per heavy atom. The van der Waals surface area contributed by atoms with E-state index in [1.54, 1.807) is 0 Å². The zero-order valence-electron chi connectivity index (χ0n) is 10.2. The molecule has 1 atom stereocenters. The van der Waals surface area contributed by atoms with Crippen LogP contribution in [0.5, 0.6) is 0 Å². The average Bonchev–Trinajstić information content (AvgIpc) is 2.41. The number of nitrogens with zero attached hydrogens (tertiary/aromatic N) is 1. The van der Waals surface area contributed by atoms with Crippen molar-refractivity contribution >= 4 is 23.1 Å². The Morgan fingerprint density at radius 1 is 1.22 bits per heavy atom. The van der Waals surface area contributed by atoms with Gasteiger partial charge >= 0.3 is 0 Å². The smallest absolute Gasteiger partial charge is 0.154 e. The lowest BCUT2D eigenvalue weighted by Gasteiger charge is -2.44. The van der Waals surface area contributed by atoms with Crippen LogP contribution in [0.15, 0.2) is 24.3 Å². The second-order valence-electron chi connectivity index (χ2n) is 5.12. The van der Waals surface area contributed by atoms with Crippen molar-refractivity contribution in [2.45, 2.75) is 18.9 Å². The summed E-state index contributed by atoms with van der Waals surface area (Å²) >= 11 is 5.84. The van der Waals surface area contributed by atoms with Gasteiger partial charge in [0.2, 0.25) is 0 Å². The molecule has 3 heterocycles. The minimum atomic E-state index is 0.0631. The molecule has 3 saturated heterocycles. The number of anilines is 1. The summed E-state index contributed by atoms with van der Waals surface area (Å²) in [5, 5.41) is 4.07. The van der Waals surface area contributed by atoms with Crippen molar-refractivity contribution in [1.82, 2.24) is 4.90 Å². The van der Waals surface area contributed by atoms with Gasteiger partial charge in [-0.2, -0.15) is 0 Å². The molecule has 3 fully saturated rings. The van der Waals surface area contributed by atoms with Crippen LogP contribution in [0.25, 0.3) is 0 Å². The van der Waals surface area contributed by atoms with E-state index in [1.165, 1.54) is 0 Å². The molecule has 1 unspecified atom stereocenters. The number of hydrogen-bond donors (Lipinski definition) is 1. The second kappa shape index (κ2) is 4.90. The summed E-state index contributed by atoms with van der Waals surface area (Å²) in [4.78, 5) is 14.5. The molecule has 0 aromatic heterocycles. The minimum absolute atomic E-state index is 0.0631. The summed E-state index contributed by atoms with van der Waals surface area (Å²) in [6, 6.07) is 7.68. The SMILES string of the molecule is O=C1C2CCN(CC2)C1CNc1ccc(Cl)cc1. The predicted octanol–water partition coefficient (Wildman–Crippen LogP) is 2.42. The Kier molecular flexibility index (Phi) is 3.27. The van der Waals surface area contributed by atoms with Crippen molar-refractivity contribution in [3.63, 3.8) is 0 Å². The molecule has 4 rings (SSSR count). The zero-order valence-corrected chi connectivity index (χ0v) is 11.0. The third kappa shape index (κ3) is 2.25. The highest BCUT2D eigenvalue weighted by molar-refractivity contribution is 6.30. The van der Waals surface area contributed by atoms with Gasteiger partial charge in [-0.25, -0.2) is 0 Å². The standard InChI is InChI=1S/C14H17ClN2O/c15-11-1-3-12(4-2-11)16-9-13-14(18)10-5-7-17(13)8-6-10/h1-4,10,13,16H,5-9H2. The fourth-order valence-corrected chi connectivity index (χ4v) is 3.09. The number of ketones is 1. The first kappa shape index (κ1) is 12.0. The summed E-state index contributed by atoms with van der Waals surface area (Å²) in [5.74, 6) is 0.737. The monoisotopic (exact) mass is 264 g/mol. The van der Waals surface area contributed by atoms with Crippen molar-refractivity contribution in [2.24, 2.45) is 5.92 Å². The topological polar surface area (TPSA) is 32.3 Å². The summed E-state index contributed by atoms with van der Waals surface area (Å²) in [6.45, 7) is 2.85. The first-order valence-corrected chi connectivity index (χ1v) is 6.89. The molecule has 4 heteroatoms. The van der Waals surface area contributed by atoms with Gasteiger partial charge in [-0.3, -0.25) is 9.69 Å². The van der Waals surface area contributed by atoms with Gasteiger partial charge in [-0.05, 0) is 50.2 Å². The van der Waals surface area contributed by atoms with Gasteiger partial charge in [0.15, 0.2) is 5.78 Å². The molecule has 3 aliphatic rings. The quantitative estimate of drug-likeness (QED) is 0.910. The number of nitrogens with one attached hydrogen (secondary N) is 1. The van der Waals surface area contributed by atoms with Crippen LogP contribution in [0.1, 0.15) is 12.8 Å². The number of Topliss-reactive ketones (excluding diaryl/α,β-unsaturated/α-hetero) is 1. The Hall–Kier alpha value is -1.06. The summed E-state index contributed by atoms with van der Waals surface area (Å²) in [5.41, 5.74) is 1.02. The van der Waals surface area contributed by atoms with E-state index < -0.39 is 0 Å². The molecule has 1 aromatic carbocycles. The van der Waals surface area contributed by atoms with Gasteiger partial charge in [-0.15, -0.1) is 0 Å². The van der Waals surface area contributed by atoms with E-state index in [1.807, 2.05) is 24.3 Å². The predicted molar refractivity (Wildman–Crippen MR) is 73.0 cm³/mol. The maximum atomic E-state index is 12.2. The Morgan fingerprint density at radius 3 is 2.50 bits per heavy atom. The van der Waals surface area contributed by atoms with E-state index in [9.17, 15) is 4.79 Å². The maximum absolute atomic E-state index is 12.2. The van der Waals surface area contributed by atoms with Crippen LogP contribution in [0.4, 0.5) is 5.69 Å². The number of rotatable bonds is 3. The molecular weight excluding hydrogens is 248 g/mol. The molecule has 0 amide bonds. The molecule has 3 nitrogen and oxygen atoms in total. The number of hydrogen-bond acceptors (Lipinski definition) is 3. The average molecular weight is 265 g/mol. The van der Waals surface area contributed by atoms with Crippen LogP contribution < -0.4 is 5.32 Å². The van der Waals surface area contributed by atoms with Crippen LogP contribution in [-0.2, 0) is 4.79 Å². The molecular formula is C14H17ClN2O. The summed E-state index contributed by atoms with van der Waals surface area (Å²) < 4.78 is 0. The van der Waals surface area contributed by atoms with E-state index >= 15 is 0 Å². The highest BCUT2D eigenvalue weighted by atomic mass is 35.5. The molecule has 3 aliphatic heterocycles. The van der Waals surface area contributed by atoms with Gasteiger partial charge in [0, 0.05) is 23.2 Å². The van der Waals surface area contributed by atoms with E-state index in [0.717, 1.165) is 36.6 Å². The van der Waals surface area contributed by atoms with Crippen LogP contribution in [0.2, 0.25) is 5.02 Å². The second-order valence-corrected chi connectivity index (χ2v) is 5.55. The Bertz CT molecular complexity index is 438. The highest BCUT2D eigenvalue weighted by Gasteiger charge is 2.40. The molecule has 0 radical (unpaired) electrons. The number of carbonyl (C=O) groups is 1. The third-order valence-corrected chi connectivity index (χ3v) is 4.30. The number of halogens is 1. The lowest BCUT2D eigenvalue weighted by atomic mass is 9.82. The van der Waals surface area contributed by atoms with Crippen LogP contribution in [0, 0.1) is 5.92 Å². The fraction of sp³-hybridized carbons (Fsp3) is 0.500. The molecule has 1 N–H and O–H groups in total. The largest absolute Gasteiger partial charge is 0.383 e. The molecule has 0 spiro atoms. The third-order valence-electron chi connectivity index (χ3n) is 4.04.